The molecule has 7 nitrogen and oxygen atoms in total. The molecule has 166 valence electrons. The van der Waals surface area contributed by atoms with Gasteiger partial charge in [-0.25, -0.2) is 12.8 Å². The lowest BCUT2D eigenvalue weighted by molar-refractivity contribution is 0.0644. The van der Waals surface area contributed by atoms with Crippen LogP contribution >= 0.6 is 0 Å². The van der Waals surface area contributed by atoms with Crippen LogP contribution in [0, 0.1) is 12.7 Å². The van der Waals surface area contributed by atoms with Gasteiger partial charge in [0.1, 0.15) is 15.7 Å². The molecule has 0 aromatic heterocycles. The number of nitrogens with zero attached hydrogens (tertiary/aromatic N) is 2. The van der Waals surface area contributed by atoms with Gasteiger partial charge in [0.2, 0.25) is 0 Å². The van der Waals surface area contributed by atoms with E-state index < -0.39 is 21.6 Å². The Hall–Kier alpha value is -2.78. The number of rotatable bonds is 6. The number of amides is 2. The summed E-state index contributed by atoms with van der Waals surface area (Å²) in [5, 5.41) is 2.69. The van der Waals surface area contributed by atoms with Gasteiger partial charge in [0, 0.05) is 50.2 Å². The number of carbonyl (C=O) groups excluding carboxylic acids is 2. The number of piperazine rings is 1. The van der Waals surface area contributed by atoms with Crippen molar-refractivity contribution in [1.82, 2.24) is 9.80 Å². The largest absolute Gasteiger partial charge is 0.336 e. The lowest BCUT2D eigenvalue weighted by atomic mass is 10.1. The quantitative estimate of drug-likeness (QED) is 0.734. The second-order valence-electron chi connectivity index (χ2n) is 7.73. The maximum Gasteiger partial charge on any atom is 0.258 e. The summed E-state index contributed by atoms with van der Waals surface area (Å²) in [6.45, 7) is 4.44. The number of hydrogen-bond donors (Lipinski definition) is 1. The van der Waals surface area contributed by atoms with Crippen LogP contribution in [0.2, 0.25) is 0 Å². The normalized spacial score (nSPS) is 15.0. The van der Waals surface area contributed by atoms with Gasteiger partial charge in [-0.05, 0) is 36.8 Å². The average molecular weight is 448 g/mol. The summed E-state index contributed by atoms with van der Waals surface area (Å²) in [4.78, 5) is 29.1. The van der Waals surface area contributed by atoms with Crippen LogP contribution < -0.4 is 5.32 Å². The van der Waals surface area contributed by atoms with Crippen molar-refractivity contribution >= 4 is 27.3 Å². The summed E-state index contributed by atoms with van der Waals surface area (Å²) in [5.41, 5.74) is 1.57. The number of carbonyl (C=O) groups is 2. The van der Waals surface area contributed by atoms with Gasteiger partial charge >= 0.3 is 0 Å². The summed E-state index contributed by atoms with van der Waals surface area (Å²) in [6, 6.07) is 10.8. The zero-order valence-electron chi connectivity index (χ0n) is 17.6. The van der Waals surface area contributed by atoms with Gasteiger partial charge in [-0.3, -0.25) is 14.5 Å². The fraction of sp³-hybridized carbons (Fsp3) is 0.364. The molecule has 31 heavy (non-hydrogen) atoms. The monoisotopic (exact) mass is 447 g/mol. The van der Waals surface area contributed by atoms with Crippen LogP contribution in [-0.2, 0) is 9.84 Å². The van der Waals surface area contributed by atoms with Crippen LogP contribution in [0.15, 0.2) is 42.5 Å². The van der Waals surface area contributed by atoms with Crippen LogP contribution in [0.5, 0.6) is 0 Å². The summed E-state index contributed by atoms with van der Waals surface area (Å²) < 4.78 is 36.6. The Morgan fingerprint density at radius 3 is 2.39 bits per heavy atom. The van der Waals surface area contributed by atoms with Gasteiger partial charge in [-0.1, -0.05) is 18.2 Å². The van der Waals surface area contributed by atoms with Crippen molar-refractivity contribution in [3.63, 3.8) is 0 Å². The molecule has 1 aliphatic heterocycles. The highest BCUT2D eigenvalue weighted by molar-refractivity contribution is 7.90. The molecular formula is C22H26FN3O4S. The van der Waals surface area contributed by atoms with E-state index >= 15 is 0 Å². The predicted molar refractivity (Wildman–Crippen MR) is 118 cm³/mol. The van der Waals surface area contributed by atoms with Crippen LogP contribution in [0.25, 0.3) is 0 Å². The molecule has 0 aliphatic carbocycles. The van der Waals surface area contributed by atoms with Crippen molar-refractivity contribution in [3.8, 4) is 0 Å². The number of aryl methyl sites for hydroxylation is 1. The Balaban J connectivity index is 1.65. The molecule has 1 saturated heterocycles. The highest BCUT2D eigenvalue weighted by Gasteiger charge is 2.23. The number of sulfone groups is 1. The van der Waals surface area contributed by atoms with Crippen molar-refractivity contribution in [2.75, 3.05) is 50.0 Å². The summed E-state index contributed by atoms with van der Waals surface area (Å²) >= 11 is 0. The first-order chi connectivity index (χ1) is 14.6. The van der Waals surface area contributed by atoms with Gasteiger partial charge < -0.3 is 10.2 Å². The zero-order valence-corrected chi connectivity index (χ0v) is 18.4. The van der Waals surface area contributed by atoms with E-state index in [0.717, 1.165) is 5.56 Å². The smallest absolute Gasteiger partial charge is 0.258 e. The lowest BCUT2D eigenvalue weighted by Crippen LogP contribution is -2.49. The minimum atomic E-state index is -3.02. The SMILES string of the molecule is Cc1ccc(C(=O)N2CCN(CCS(C)(=O)=O)CC2)cc1NC(=O)c1ccccc1F. The molecule has 9 heteroatoms. The van der Waals surface area contributed by atoms with Crippen molar-refractivity contribution in [2.45, 2.75) is 6.92 Å². The van der Waals surface area contributed by atoms with E-state index in [1.54, 1.807) is 36.1 Å². The Morgan fingerprint density at radius 1 is 1.06 bits per heavy atom. The molecule has 0 atom stereocenters. The van der Waals surface area contributed by atoms with Gasteiger partial charge in [-0.2, -0.15) is 0 Å². The third kappa shape index (κ3) is 6.11. The number of nitrogens with one attached hydrogen (secondary N) is 1. The van der Waals surface area contributed by atoms with Crippen LogP contribution in [0.1, 0.15) is 26.3 Å². The summed E-state index contributed by atoms with van der Waals surface area (Å²) in [5.74, 6) is -1.25. The number of anilines is 1. The second kappa shape index (κ2) is 9.57. The fourth-order valence-electron chi connectivity index (χ4n) is 3.38. The van der Waals surface area contributed by atoms with Crippen molar-refractivity contribution in [3.05, 3.63) is 65.0 Å². The molecule has 2 aromatic carbocycles. The third-order valence-corrected chi connectivity index (χ3v) is 6.21. The molecule has 1 heterocycles. The number of halogens is 1. The Bertz CT molecular complexity index is 1080. The molecule has 0 bridgehead atoms. The number of hydrogen-bond acceptors (Lipinski definition) is 5. The van der Waals surface area contributed by atoms with Gasteiger partial charge in [0.25, 0.3) is 11.8 Å². The molecular weight excluding hydrogens is 421 g/mol. The predicted octanol–water partition coefficient (Wildman–Crippen LogP) is 2.19. The topological polar surface area (TPSA) is 86.8 Å². The average Bonchev–Trinajstić information content (AvgIpc) is 2.73. The Labute approximate surface area is 181 Å². The van der Waals surface area contributed by atoms with Crippen LogP contribution in [0.3, 0.4) is 0 Å². The molecule has 1 fully saturated rings. The van der Waals surface area contributed by atoms with Crippen molar-refractivity contribution in [2.24, 2.45) is 0 Å². The van der Waals surface area contributed by atoms with Gasteiger partial charge in [0.05, 0.1) is 11.3 Å². The van der Waals surface area contributed by atoms with E-state index in [-0.39, 0.29) is 17.2 Å². The Kier molecular flexibility index (Phi) is 7.07. The van der Waals surface area contributed by atoms with E-state index in [1.807, 2.05) is 4.90 Å². The van der Waals surface area contributed by atoms with Crippen LogP contribution in [0.4, 0.5) is 10.1 Å². The minimum Gasteiger partial charge on any atom is -0.336 e. The zero-order chi connectivity index (χ0) is 22.6. The Morgan fingerprint density at radius 2 is 1.74 bits per heavy atom. The maximum absolute atomic E-state index is 13.9. The molecule has 1 N–H and O–H groups in total. The van der Waals surface area contributed by atoms with E-state index in [4.69, 9.17) is 0 Å². The minimum absolute atomic E-state index is 0.0659. The maximum atomic E-state index is 13.9. The molecule has 3 rings (SSSR count). The first-order valence-corrected chi connectivity index (χ1v) is 12.1. The molecule has 0 radical (unpaired) electrons. The molecule has 2 amide bonds. The van der Waals surface area contributed by atoms with Crippen LogP contribution in [-0.4, -0.2) is 74.8 Å². The van der Waals surface area contributed by atoms with Crippen molar-refractivity contribution < 1.29 is 22.4 Å². The molecule has 0 unspecified atom stereocenters. The number of benzene rings is 2. The standard InChI is InChI=1S/C22H26FN3O4S/c1-16-7-8-17(15-20(16)24-21(27)18-5-3-4-6-19(18)23)22(28)26-11-9-25(10-12-26)13-14-31(2,29)30/h3-8,15H,9-14H2,1-2H3,(H,24,27). The van der Waals surface area contributed by atoms with Gasteiger partial charge in [-0.15, -0.1) is 0 Å². The first kappa shape index (κ1) is 22.9. The highest BCUT2D eigenvalue weighted by Crippen LogP contribution is 2.20. The van der Waals surface area contributed by atoms with E-state index in [9.17, 15) is 22.4 Å². The highest BCUT2D eigenvalue weighted by atomic mass is 32.2. The third-order valence-electron chi connectivity index (χ3n) is 5.29. The van der Waals surface area contributed by atoms with E-state index in [2.05, 4.69) is 5.32 Å². The molecule has 0 saturated carbocycles. The molecule has 1 aliphatic rings. The van der Waals surface area contributed by atoms with E-state index in [0.29, 0.717) is 44.0 Å². The molecule has 0 spiro atoms. The lowest BCUT2D eigenvalue weighted by Gasteiger charge is -2.34. The second-order valence-corrected chi connectivity index (χ2v) is 9.99. The summed E-state index contributed by atoms with van der Waals surface area (Å²) in [7, 11) is -3.02. The van der Waals surface area contributed by atoms with Crippen molar-refractivity contribution in [1.29, 1.82) is 0 Å². The van der Waals surface area contributed by atoms with E-state index in [1.165, 1.54) is 24.5 Å². The summed E-state index contributed by atoms with van der Waals surface area (Å²) in [6.07, 6.45) is 1.21. The first-order valence-electron chi connectivity index (χ1n) is 10.00. The van der Waals surface area contributed by atoms with Gasteiger partial charge in [0.15, 0.2) is 0 Å². The fourth-order valence-corrected chi connectivity index (χ4v) is 3.97. The molecule has 2 aromatic rings.